The van der Waals surface area contributed by atoms with Gasteiger partial charge in [0.1, 0.15) is 23.1 Å². The molecule has 3 N–H and O–H groups in total. The minimum atomic E-state index is 0.398. The number of nitrogens with zero attached hydrogens (tertiary/aromatic N) is 2. The van der Waals surface area contributed by atoms with Gasteiger partial charge >= 0.3 is 0 Å². The van der Waals surface area contributed by atoms with Crippen molar-refractivity contribution in [3.8, 4) is 22.9 Å². The molecular weight excluding hydrogens is 316 g/mol. The number of aromatic nitrogens is 2. The molecule has 0 spiro atoms. The molecule has 6 nitrogen and oxygen atoms in total. The summed E-state index contributed by atoms with van der Waals surface area (Å²) in [5.74, 6) is 3.19. The van der Waals surface area contributed by atoms with Gasteiger partial charge < -0.3 is 20.5 Å². The maximum atomic E-state index is 5.94. The fourth-order valence-corrected chi connectivity index (χ4v) is 2.35. The first kappa shape index (κ1) is 16.6. The Morgan fingerprint density at radius 3 is 2.28 bits per heavy atom. The first-order valence-electron chi connectivity index (χ1n) is 7.97. The summed E-state index contributed by atoms with van der Waals surface area (Å²) >= 11 is 0. The molecule has 3 rings (SSSR count). The van der Waals surface area contributed by atoms with Crippen LogP contribution in [0.25, 0.3) is 11.4 Å². The summed E-state index contributed by atoms with van der Waals surface area (Å²) in [6, 6.07) is 16.9. The number of anilines is 3. The highest BCUT2D eigenvalue weighted by Crippen LogP contribution is 2.24. The van der Waals surface area contributed by atoms with Crippen molar-refractivity contribution in [2.45, 2.75) is 6.92 Å². The van der Waals surface area contributed by atoms with Gasteiger partial charge in [-0.1, -0.05) is 0 Å². The molecule has 0 atom stereocenters. The quantitative estimate of drug-likeness (QED) is 0.711. The molecule has 0 amide bonds. The molecule has 25 heavy (non-hydrogen) atoms. The van der Waals surface area contributed by atoms with E-state index in [0.29, 0.717) is 24.1 Å². The highest BCUT2D eigenvalue weighted by atomic mass is 16.5. The third kappa shape index (κ3) is 4.17. The number of ether oxygens (including phenoxy) is 2. The molecule has 0 unspecified atom stereocenters. The fourth-order valence-electron chi connectivity index (χ4n) is 2.35. The summed E-state index contributed by atoms with van der Waals surface area (Å²) in [5.41, 5.74) is 7.69. The highest BCUT2D eigenvalue weighted by Gasteiger charge is 2.07. The molecule has 0 saturated carbocycles. The Morgan fingerprint density at radius 2 is 1.64 bits per heavy atom. The zero-order valence-electron chi connectivity index (χ0n) is 14.2. The standard InChI is InChI=1S/C19H20N4O2/c1-3-25-16-8-4-13(5-9-16)19-22-17(20)12-18(23-19)21-14-6-10-15(24-2)11-7-14/h4-12H,3H2,1-2H3,(H3,20,21,22,23). The van der Waals surface area contributed by atoms with Crippen molar-refractivity contribution in [3.63, 3.8) is 0 Å². The van der Waals surface area contributed by atoms with Gasteiger partial charge in [-0.05, 0) is 55.5 Å². The smallest absolute Gasteiger partial charge is 0.163 e. The number of hydrogen-bond donors (Lipinski definition) is 2. The summed E-state index contributed by atoms with van der Waals surface area (Å²) in [7, 11) is 1.64. The molecule has 0 aliphatic heterocycles. The van der Waals surface area contributed by atoms with Crippen molar-refractivity contribution in [1.29, 1.82) is 0 Å². The van der Waals surface area contributed by atoms with Crippen LogP contribution in [0.4, 0.5) is 17.3 Å². The number of rotatable bonds is 6. The molecule has 2 aromatic carbocycles. The van der Waals surface area contributed by atoms with Crippen molar-refractivity contribution in [2.24, 2.45) is 0 Å². The maximum absolute atomic E-state index is 5.94. The minimum absolute atomic E-state index is 0.398. The third-order valence-corrected chi connectivity index (χ3v) is 3.53. The van der Waals surface area contributed by atoms with Crippen molar-refractivity contribution in [2.75, 3.05) is 24.8 Å². The van der Waals surface area contributed by atoms with Gasteiger partial charge in [0.15, 0.2) is 5.82 Å². The van der Waals surface area contributed by atoms with E-state index in [0.717, 1.165) is 22.7 Å². The molecule has 0 fully saturated rings. The van der Waals surface area contributed by atoms with Crippen molar-refractivity contribution < 1.29 is 9.47 Å². The second-order valence-electron chi connectivity index (χ2n) is 5.31. The van der Waals surface area contributed by atoms with Crippen LogP contribution in [0.15, 0.2) is 54.6 Å². The van der Waals surface area contributed by atoms with E-state index in [-0.39, 0.29) is 0 Å². The number of hydrogen-bond acceptors (Lipinski definition) is 6. The van der Waals surface area contributed by atoms with E-state index >= 15 is 0 Å². The van der Waals surface area contributed by atoms with E-state index < -0.39 is 0 Å². The molecular formula is C19H20N4O2. The molecule has 3 aromatic rings. The first-order valence-corrected chi connectivity index (χ1v) is 7.97. The average Bonchev–Trinajstić information content (AvgIpc) is 2.63. The lowest BCUT2D eigenvalue weighted by atomic mass is 10.2. The normalized spacial score (nSPS) is 10.3. The van der Waals surface area contributed by atoms with E-state index in [1.54, 1.807) is 13.2 Å². The second-order valence-corrected chi connectivity index (χ2v) is 5.31. The lowest BCUT2D eigenvalue weighted by Gasteiger charge is -2.10. The Balaban J connectivity index is 1.84. The molecule has 6 heteroatoms. The SMILES string of the molecule is CCOc1ccc(-c2nc(N)cc(Nc3ccc(OC)cc3)n2)cc1. The molecule has 1 aromatic heterocycles. The van der Waals surface area contributed by atoms with Crippen LogP contribution < -0.4 is 20.5 Å². The Morgan fingerprint density at radius 1 is 0.960 bits per heavy atom. The Kier molecular flexibility index (Phi) is 4.99. The molecule has 0 aliphatic rings. The van der Waals surface area contributed by atoms with E-state index in [4.69, 9.17) is 15.2 Å². The number of nitrogens with two attached hydrogens (primary N) is 1. The largest absolute Gasteiger partial charge is 0.497 e. The van der Waals surface area contributed by atoms with E-state index in [9.17, 15) is 0 Å². The summed E-state index contributed by atoms with van der Waals surface area (Å²) in [6.45, 7) is 2.58. The molecule has 128 valence electrons. The van der Waals surface area contributed by atoms with Crippen LogP contribution in [-0.2, 0) is 0 Å². The van der Waals surface area contributed by atoms with E-state index in [1.807, 2.05) is 55.5 Å². The van der Waals surface area contributed by atoms with E-state index in [2.05, 4.69) is 15.3 Å². The molecule has 0 aliphatic carbocycles. The lowest BCUT2D eigenvalue weighted by Crippen LogP contribution is -2.01. The van der Waals surface area contributed by atoms with Crippen LogP contribution >= 0.6 is 0 Å². The monoisotopic (exact) mass is 336 g/mol. The Bertz CT molecular complexity index is 833. The molecule has 0 bridgehead atoms. The van der Waals surface area contributed by atoms with Gasteiger partial charge in [-0.2, -0.15) is 0 Å². The number of methoxy groups -OCH3 is 1. The van der Waals surface area contributed by atoms with Crippen molar-refractivity contribution in [1.82, 2.24) is 9.97 Å². The van der Waals surface area contributed by atoms with Crippen LogP contribution in [0.5, 0.6) is 11.5 Å². The summed E-state index contributed by atoms with van der Waals surface area (Å²) in [6.07, 6.45) is 0. The predicted octanol–water partition coefficient (Wildman–Crippen LogP) is 3.88. The van der Waals surface area contributed by atoms with Crippen LogP contribution in [0.2, 0.25) is 0 Å². The Hall–Kier alpha value is -3.28. The van der Waals surface area contributed by atoms with Crippen LogP contribution in [-0.4, -0.2) is 23.7 Å². The van der Waals surface area contributed by atoms with Crippen molar-refractivity contribution >= 4 is 17.3 Å². The fraction of sp³-hybridized carbons (Fsp3) is 0.158. The summed E-state index contributed by atoms with van der Waals surface area (Å²) in [5, 5.41) is 3.23. The van der Waals surface area contributed by atoms with Crippen LogP contribution in [0.3, 0.4) is 0 Å². The van der Waals surface area contributed by atoms with Gasteiger partial charge in [0.05, 0.1) is 13.7 Å². The maximum Gasteiger partial charge on any atom is 0.163 e. The lowest BCUT2D eigenvalue weighted by molar-refractivity contribution is 0.340. The second kappa shape index (κ2) is 7.53. The average molecular weight is 336 g/mol. The van der Waals surface area contributed by atoms with Crippen molar-refractivity contribution in [3.05, 3.63) is 54.6 Å². The Labute approximate surface area is 146 Å². The minimum Gasteiger partial charge on any atom is -0.497 e. The zero-order chi connectivity index (χ0) is 17.6. The summed E-state index contributed by atoms with van der Waals surface area (Å²) in [4.78, 5) is 8.86. The topological polar surface area (TPSA) is 82.3 Å². The van der Waals surface area contributed by atoms with E-state index in [1.165, 1.54) is 0 Å². The van der Waals surface area contributed by atoms with Gasteiger partial charge in [-0.15, -0.1) is 0 Å². The highest BCUT2D eigenvalue weighted by molar-refractivity contribution is 5.65. The first-order chi connectivity index (χ1) is 12.2. The molecule has 0 radical (unpaired) electrons. The predicted molar refractivity (Wildman–Crippen MR) is 99.3 cm³/mol. The van der Waals surface area contributed by atoms with Gasteiger partial charge in [-0.3, -0.25) is 0 Å². The number of nitrogen functional groups attached to an aromatic ring is 1. The van der Waals surface area contributed by atoms with Gasteiger partial charge in [0.2, 0.25) is 0 Å². The number of benzene rings is 2. The number of nitrogens with one attached hydrogen (secondary N) is 1. The van der Waals surface area contributed by atoms with Crippen LogP contribution in [0.1, 0.15) is 6.92 Å². The summed E-state index contributed by atoms with van der Waals surface area (Å²) < 4.78 is 10.6. The molecule has 0 saturated heterocycles. The van der Waals surface area contributed by atoms with Crippen LogP contribution in [0, 0.1) is 0 Å². The van der Waals surface area contributed by atoms with Gasteiger partial charge in [0, 0.05) is 17.3 Å². The molecule has 1 heterocycles. The zero-order valence-corrected chi connectivity index (χ0v) is 14.2. The third-order valence-electron chi connectivity index (χ3n) is 3.53. The van der Waals surface area contributed by atoms with Gasteiger partial charge in [0.25, 0.3) is 0 Å². The van der Waals surface area contributed by atoms with Gasteiger partial charge in [-0.25, -0.2) is 9.97 Å².